The Bertz CT molecular complexity index is 836. The topological polar surface area (TPSA) is 71.8 Å². The summed E-state index contributed by atoms with van der Waals surface area (Å²) in [4.78, 5) is 26.3. The minimum Gasteiger partial charge on any atom is -0.484 e. The molecule has 1 aromatic heterocycles. The number of nitrogens with zero attached hydrogens (tertiary/aromatic N) is 1. The van der Waals surface area contributed by atoms with Gasteiger partial charge >= 0.3 is 0 Å². The third kappa shape index (κ3) is 5.76. The van der Waals surface area contributed by atoms with Crippen LogP contribution in [0.2, 0.25) is 5.02 Å². The number of hydrogen-bond donors (Lipinski definition) is 1. The first kappa shape index (κ1) is 21.3. The van der Waals surface area contributed by atoms with Crippen molar-refractivity contribution in [3.8, 4) is 5.75 Å². The summed E-state index contributed by atoms with van der Waals surface area (Å²) in [6.45, 7) is 9.74. The number of carbonyl (C=O) groups excluding carboxylic acids is 2. The number of para-hydroxylation sites is 1. The summed E-state index contributed by atoms with van der Waals surface area (Å²) in [6.07, 6.45) is 3.24. The first-order chi connectivity index (χ1) is 13.5. The molecule has 0 aliphatic heterocycles. The van der Waals surface area contributed by atoms with Crippen LogP contribution < -0.4 is 10.1 Å². The minimum atomic E-state index is -0.722. The third-order valence-corrected chi connectivity index (χ3v) is 4.13. The predicted molar refractivity (Wildman–Crippen MR) is 108 cm³/mol. The Hall–Kier alpha value is -2.99. The molecule has 0 saturated carbocycles. The number of halogens is 1. The first-order valence-corrected chi connectivity index (χ1v) is 9.11. The molecule has 1 aromatic carbocycles. The zero-order valence-electron chi connectivity index (χ0n) is 15.7. The Labute approximate surface area is 169 Å². The second kappa shape index (κ2) is 10.4. The lowest BCUT2D eigenvalue weighted by molar-refractivity contribution is -0.131. The van der Waals surface area contributed by atoms with Gasteiger partial charge < -0.3 is 19.4 Å². The Morgan fingerprint density at radius 1 is 1.21 bits per heavy atom. The SMILES string of the molecule is C=CCN(CC=C)C(=O)C(C)NC(=O)c1ccc(COc2ccccc2Cl)o1. The first-order valence-electron chi connectivity index (χ1n) is 8.73. The monoisotopic (exact) mass is 402 g/mol. The molecular formula is C21H23ClN2O4. The molecule has 148 valence electrons. The van der Waals surface area contributed by atoms with Gasteiger partial charge in [0.15, 0.2) is 5.76 Å². The maximum Gasteiger partial charge on any atom is 0.287 e. The van der Waals surface area contributed by atoms with Crippen LogP contribution >= 0.6 is 11.6 Å². The van der Waals surface area contributed by atoms with E-state index in [1.807, 2.05) is 6.07 Å². The smallest absolute Gasteiger partial charge is 0.287 e. The van der Waals surface area contributed by atoms with Crippen molar-refractivity contribution in [3.05, 3.63) is 78.3 Å². The van der Waals surface area contributed by atoms with Crippen LogP contribution in [0.1, 0.15) is 23.2 Å². The van der Waals surface area contributed by atoms with E-state index in [4.69, 9.17) is 20.8 Å². The van der Waals surface area contributed by atoms with Crippen LogP contribution in [0.15, 0.2) is 66.1 Å². The van der Waals surface area contributed by atoms with Crippen LogP contribution in [0.4, 0.5) is 0 Å². The van der Waals surface area contributed by atoms with E-state index in [1.165, 1.54) is 11.0 Å². The molecule has 1 N–H and O–H groups in total. The summed E-state index contributed by atoms with van der Waals surface area (Å²) in [7, 11) is 0. The van der Waals surface area contributed by atoms with Gasteiger partial charge in [0, 0.05) is 13.1 Å². The number of hydrogen-bond acceptors (Lipinski definition) is 4. The third-order valence-electron chi connectivity index (χ3n) is 3.82. The second-order valence-electron chi connectivity index (χ2n) is 6.00. The van der Waals surface area contributed by atoms with Gasteiger partial charge in [0.1, 0.15) is 24.2 Å². The molecule has 0 fully saturated rings. The molecule has 6 nitrogen and oxygen atoms in total. The highest BCUT2D eigenvalue weighted by Gasteiger charge is 2.22. The van der Waals surface area contributed by atoms with E-state index in [1.54, 1.807) is 43.3 Å². The number of benzene rings is 1. The molecule has 2 amide bonds. The number of amides is 2. The van der Waals surface area contributed by atoms with Crippen LogP contribution in [-0.4, -0.2) is 35.8 Å². The van der Waals surface area contributed by atoms with Crippen LogP contribution in [0.5, 0.6) is 5.75 Å². The average molecular weight is 403 g/mol. The van der Waals surface area contributed by atoms with E-state index in [0.29, 0.717) is 29.6 Å². The van der Waals surface area contributed by atoms with Crippen molar-refractivity contribution >= 4 is 23.4 Å². The summed E-state index contributed by atoms with van der Waals surface area (Å²) in [5, 5.41) is 3.12. The Morgan fingerprint density at radius 2 is 1.89 bits per heavy atom. The summed E-state index contributed by atoms with van der Waals surface area (Å²) in [5.74, 6) is 0.361. The van der Waals surface area contributed by atoms with Gasteiger partial charge in [0.2, 0.25) is 5.91 Å². The summed E-state index contributed by atoms with van der Waals surface area (Å²) in [6, 6.07) is 9.52. The summed E-state index contributed by atoms with van der Waals surface area (Å²) in [5.41, 5.74) is 0. The molecule has 0 saturated heterocycles. The maximum atomic E-state index is 12.4. The van der Waals surface area contributed by atoms with Crippen LogP contribution in [0, 0.1) is 0 Å². The molecule has 1 unspecified atom stereocenters. The lowest BCUT2D eigenvalue weighted by atomic mass is 10.2. The molecule has 0 radical (unpaired) electrons. The van der Waals surface area contributed by atoms with Crippen LogP contribution in [0.25, 0.3) is 0 Å². The van der Waals surface area contributed by atoms with E-state index >= 15 is 0 Å². The zero-order chi connectivity index (χ0) is 20.5. The van der Waals surface area contributed by atoms with Crippen molar-refractivity contribution in [2.24, 2.45) is 0 Å². The molecule has 28 heavy (non-hydrogen) atoms. The van der Waals surface area contributed by atoms with Gasteiger partial charge in [0.25, 0.3) is 5.91 Å². The zero-order valence-corrected chi connectivity index (χ0v) is 16.4. The van der Waals surface area contributed by atoms with Gasteiger partial charge in [-0.15, -0.1) is 13.2 Å². The number of furan rings is 1. The second-order valence-corrected chi connectivity index (χ2v) is 6.41. The highest BCUT2D eigenvalue weighted by molar-refractivity contribution is 6.32. The van der Waals surface area contributed by atoms with Crippen molar-refractivity contribution in [1.29, 1.82) is 0 Å². The fourth-order valence-electron chi connectivity index (χ4n) is 2.46. The predicted octanol–water partition coefficient (Wildman–Crippen LogP) is 3.83. The van der Waals surface area contributed by atoms with Gasteiger partial charge in [-0.2, -0.15) is 0 Å². The van der Waals surface area contributed by atoms with Crippen LogP contribution in [-0.2, 0) is 11.4 Å². The van der Waals surface area contributed by atoms with E-state index in [2.05, 4.69) is 18.5 Å². The summed E-state index contributed by atoms with van der Waals surface area (Å²) < 4.78 is 11.1. The lowest BCUT2D eigenvalue weighted by Gasteiger charge is -2.23. The molecule has 0 aliphatic rings. The molecule has 7 heteroatoms. The maximum absolute atomic E-state index is 12.4. The number of nitrogens with one attached hydrogen (secondary N) is 1. The fraction of sp³-hybridized carbons (Fsp3) is 0.238. The largest absolute Gasteiger partial charge is 0.484 e. The quantitative estimate of drug-likeness (QED) is 0.613. The normalized spacial score (nSPS) is 11.4. The van der Waals surface area contributed by atoms with E-state index in [9.17, 15) is 9.59 Å². The number of ether oxygens (including phenoxy) is 1. The Kier molecular flexibility index (Phi) is 7.89. The molecule has 0 spiro atoms. The number of rotatable bonds is 10. The molecule has 2 aromatic rings. The van der Waals surface area contributed by atoms with Gasteiger partial charge in [-0.25, -0.2) is 0 Å². The Balaban J connectivity index is 1.94. The molecule has 1 heterocycles. The van der Waals surface area contributed by atoms with Crippen molar-refractivity contribution in [2.45, 2.75) is 19.6 Å². The molecule has 2 rings (SSSR count). The fourth-order valence-corrected chi connectivity index (χ4v) is 2.65. The summed E-state index contributed by atoms with van der Waals surface area (Å²) >= 11 is 6.04. The van der Waals surface area contributed by atoms with Crippen molar-refractivity contribution in [2.75, 3.05) is 13.1 Å². The van der Waals surface area contributed by atoms with Crippen LogP contribution in [0.3, 0.4) is 0 Å². The van der Waals surface area contributed by atoms with Crippen molar-refractivity contribution in [3.63, 3.8) is 0 Å². The highest BCUT2D eigenvalue weighted by Crippen LogP contribution is 2.24. The van der Waals surface area contributed by atoms with E-state index in [-0.39, 0.29) is 18.3 Å². The van der Waals surface area contributed by atoms with Gasteiger partial charge in [-0.1, -0.05) is 35.9 Å². The van der Waals surface area contributed by atoms with E-state index < -0.39 is 11.9 Å². The molecule has 0 bridgehead atoms. The van der Waals surface area contributed by atoms with Crippen molar-refractivity contribution in [1.82, 2.24) is 10.2 Å². The van der Waals surface area contributed by atoms with Gasteiger partial charge in [-0.3, -0.25) is 9.59 Å². The Morgan fingerprint density at radius 3 is 2.54 bits per heavy atom. The molecular weight excluding hydrogens is 380 g/mol. The lowest BCUT2D eigenvalue weighted by Crippen LogP contribution is -2.47. The molecule has 1 atom stereocenters. The van der Waals surface area contributed by atoms with E-state index in [0.717, 1.165) is 0 Å². The highest BCUT2D eigenvalue weighted by atomic mass is 35.5. The van der Waals surface area contributed by atoms with Crippen molar-refractivity contribution < 1.29 is 18.7 Å². The minimum absolute atomic E-state index is 0.0939. The standard InChI is InChI=1S/C21H23ClN2O4/c1-4-12-24(13-5-2)21(26)15(3)23-20(25)19-11-10-16(28-19)14-27-18-9-7-6-8-17(18)22/h4-11,15H,1-2,12-14H2,3H3,(H,23,25). The van der Waals surface area contributed by atoms with Gasteiger partial charge in [0.05, 0.1) is 5.02 Å². The molecule has 0 aliphatic carbocycles. The number of carbonyl (C=O) groups is 2. The van der Waals surface area contributed by atoms with Gasteiger partial charge in [-0.05, 0) is 31.2 Å². The average Bonchev–Trinajstić information content (AvgIpc) is 3.16.